The van der Waals surface area contributed by atoms with Gasteiger partial charge in [0.05, 0.1) is 5.30 Å². The molecule has 2 aromatic rings. The lowest BCUT2D eigenvalue weighted by Gasteiger charge is -2.36. The molecular formula is C13H12ClF3N3O2P. The first-order valence-corrected chi connectivity index (χ1v) is 9.22. The maximum absolute atomic E-state index is 14.3. The van der Waals surface area contributed by atoms with Gasteiger partial charge in [-0.05, 0) is 30.2 Å². The summed E-state index contributed by atoms with van der Waals surface area (Å²) in [5.41, 5.74) is 0.130. The number of benzene rings is 1. The van der Waals surface area contributed by atoms with Crippen molar-refractivity contribution in [2.45, 2.75) is 11.8 Å². The molecule has 1 fully saturated rings. The van der Waals surface area contributed by atoms with E-state index in [4.69, 9.17) is 11.6 Å². The Labute approximate surface area is 134 Å². The Balaban J connectivity index is 1.93. The molecule has 1 aliphatic heterocycles. The first-order chi connectivity index (χ1) is 10.7. The molecule has 1 saturated heterocycles. The minimum atomic E-state index is -3.79. The Morgan fingerprint density at radius 3 is 2.57 bits per heavy atom. The van der Waals surface area contributed by atoms with E-state index in [1.54, 1.807) is 4.67 Å². The molecule has 0 aliphatic carbocycles. The normalized spacial score (nSPS) is 18.5. The van der Waals surface area contributed by atoms with Crippen LogP contribution in [-0.2, 0) is 9.95 Å². The Hall–Kier alpha value is -1.37. The van der Waals surface area contributed by atoms with Crippen molar-refractivity contribution in [1.82, 2.24) is 14.8 Å². The van der Waals surface area contributed by atoms with Crippen LogP contribution in [-0.4, -0.2) is 34.6 Å². The molecule has 5 nitrogen and oxygen atoms in total. The molecule has 0 spiro atoms. The van der Waals surface area contributed by atoms with Gasteiger partial charge in [-0.2, -0.15) is 13.8 Å². The van der Waals surface area contributed by atoms with E-state index in [1.165, 1.54) is 18.8 Å². The monoisotopic (exact) mass is 365 g/mol. The summed E-state index contributed by atoms with van der Waals surface area (Å²) in [6.45, 7) is 2.83. The summed E-state index contributed by atoms with van der Waals surface area (Å²) < 4.78 is 58.9. The van der Waals surface area contributed by atoms with Crippen LogP contribution in [0.15, 0.2) is 22.7 Å². The largest absolute Gasteiger partial charge is 0.400 e. The third-order valence-corrected chi connectivity index (χ3v) is 6.59. The maximum Gasteiger partial charge on any atom is 0.400 e. The highest BCUT2D eigenvalue weighted by atomic mass is 35.5. The summed E-state index contributed by atoms with van der Waals surface area (Å²) in [5.74, 6) is -2.00. The third kappa shape index (κ3) is 3.03. The zero-order valence-electron chi connectivity index (χ0n) is 12.0. The Kier molecular flexibility index (Phi) is 4.02. The molecule has 0 radical (unpaired) electrons. The lowest BCUT2D eigenvalue weighted by molar-refractivity contribution is 0.0551. The van der Waals surface area contributed by atoms with E-state index in [0.29, 0.717) is 13.1 Å². The molecule has 23 heavy (non-hydrogen) atoms. The van der Waals surface area contributed by atoms with Gasteiger partial charge < -0.3 is 9.09 Å². The van der Waals surface area contributed by atoms with Crippen molar-refractivity contribution in [2.75, 3.05) is 19.8 Å². The lowest BCUT2D eigenvalue weighted by Crippen LogP contribution is -2.37. The highest BCUT2D eigenvalue weighted by Crippen LogP contribution is 2.48. The second kappa shape index (κ2) is 5.61. The Bertz CT molecular complexity index is 789. The molecule has 1 aromatic heterocycles. The standard InChI is InChI=1S/C13H12ClF3N3O2P/c1-23(21,20-5-2-6-20)10-4-3-8(7-9(10)15)11-18-12(22-19-11)13(14,16)17/h3-4,7H,2,5-6H2,1H3. The van der Waals surface area contributed by atoms with Crippen LogP contribution in [0.2, 0.25) is 0 Å². The van der Waals surface area contributed by atoms with Crippen molar-refractivity contribution in [3.63, 3.8) is 0 Å². The summed E-state index contributed by atoms with van der Waals surface area (Å²) >= 11 is 4.79. The van der Waals surface area contributed by atoms with Gasteiger partial charge in [0.2, 0.25) is 5.82 Å². The quantitative estimate of drug-likeness (QED) is 0.614. The third-order valence-electron chi connectivity index (χ3n) is 3.69. The van der Waals surface area contributed by atoms with Gasteiger partial charge in [0.25, 0.3) is 0 Å². The second-order valence-corrected chi connectivity index (χ2v) is 8.55. The molecule has 0 amide bonds. The van der Waals surface area contributed by atoms with Crippen LogP contribution in [0.1, 0.15) is 12.3 Å². The van der Waals surface area contributed by atoms with Crippen LogP contribution in [0.3, 0.4) is 0 Å². The maximum atomic E-state index is 14.3. The highest BCUT2D eigenvalue weighted by Gasteiger charge is 2.36. The number of hydrogen-bond donors (Lipinski definition) is 0. The average molecular weight is 366 g/mol. The van der Waals surface area contributed by atoms with Gasteiger partial charge in [0.1, 0.15) is 5.82 Å². The Morgan fingerprint density at radius 2 is 2.09 bits per heavy atom. The van der Waals surface area contributed by atoms with Crippen LogP contribution in [0.5, 0.6) is 0 Å². The van der Waals surface area contributed by atoms with Crippen LogP contribution in [0, 0.1) is 5.82 Å². The van der Waals surface area contributed by atoms with Gasteiger partial charge in [-0.25, -0.2) is 9.06 Å². The van der Waals surface area contributed by atoms with Crippen molar-refractivity contribution in [3.8, 4) is 11.4 Å². The number of nitrogens with zero attached hydrogens (tertiary/aromatic N) is 3. The van der Waals surface area contributed by atoms with E-state index in [-0.39, 0.29) is 16.7 Å². The molecular weight excluding hydrogens is 354 g/mol. The fraction of sp³-hybridized carbons (Fsp3) is 0.385. The van der Waals surface area contributed by atoms with Gasteiger partial charge >= 0.3 is 11.3 Å². The van der Waals surface area contributed by atoms with E-state index in [1.807, 2.05) is 0 Å². The molecule has 0 saturated carbocycles. The summed E-state index contributed by atoms with van der Waals surface area (Å²) in [4.78, 5) is 3.44. The zero-order chi connectivity index (χ0) is 16.8. The van der Waals surface area contributed by atoms with Crippen molar-refractivity contribution in [1.29, 1.82) is 0 Å². The summed E-state index contributed by atoms with van der Waals surface area (Å²) in [6, 6.07) is 3.82. The van der Waals surface area contributed by atoms with Crippen LogP contribution in [0.25, 0.3) is 11.4 Å². The molecule has 1 aliphatic rings. The lowest BCUT2D eigenvalue weighted by atomic mass is 10.2. The van der Waals surface area contributed by atoms with Gasteiger partial charge in [-0.1, -0.05) is 11.2 Å². The van der Waals surface area contributed by atoms with Crippen LogP contribution >= 0.6 is 18.9 Å². The summed E-state index contributed by atoms with van der Waals surface area (Å²) in [7, 11) is -2.97. The smallest absolute Gasteiger partial charge is 0.331 e. The van der Waals surface area contributed by atoms with Crippen molar-refractivity contribution < 1.29 is 22.3 Å². The number of alkyl halides is 3. The molecule has 3 rings (SSSR count). The Morgan fingerprint density at radius 1 is 1.39 bits per heavy atom. The molecule has 1 atom stereocenters. The van der Waals surface area contributed by atoms with E-state index in [2.05, 4.69) is 14.7 Å². The predicted molar refractivity (Wildman–Crippen MR) is 78.8 cm³/mol. The van der Waals surface area contributed by atoms with Gasteiger partial charge in [0, 0.05) is 25.3 Å². The summed E-state index contributed by atoms with van der Waals surface area (Å²) in [6.07, 6.45) is 0.926. The molecule has 1 unspecified atom stereocenters. The van der Waals surface area contributed by atoms with E-state index in [0.717, 1.165) is 12.5 Å². The summed E-state index contributed by atoms with van der Waals surface area (Å²) in [5, 5.41) is -0.350. The number of hydrogen-bond acceptors (Lipinski definition) is 4. The zero-order valence-corrected chi connectivity index (χ0v) is 13.6. The highest BCUT2D eigenvalue weighted by molar-refractivity contribution is 7.68. The number of rotatable bonds is 4. The molecule has 124 valence electrons. The number of halogens is 4. The van der Waals surface area contributed by atoms with Crippen molar-refractivity contribution in [2.24, 2.45) is 0 Å². The average Bonchev–Trinajstić information content (AvgIpc) is 2.84. The van der Waals surface area contributed by atoms with E-state index in [9.17, 15) is 17.7 Å². The van der Waals surface area contributed by atoms with Gasteiger partial charge in [-0.15, -0.1) is 0 Å². The van der Waals surface area contributed by atoms with E-state index < -0.39 is 24.4 Å². The van der Waals surface area contributed by atoms with Crippen molar-refractivity contribution >= 4 is 24.2 Å². The van der Waals surface area contributed by atoms with Gasteiger partial charge in [-0.3, -0.25) is 0 Å². The van der Waals surface area contributed by atoms with Gasteiger partial charge in [0.15, 0.2) is 7.29 Å². The molecule has 10 heteroatoms. The van der Waals surface area contributed by atoms with Crippen molar-refractivity contribution in [3.05, 3.63) is 29.9 Å². The molecule has 2 heterocycles. The SMILES string of the molecule is CP(=O)(c1ccc(-c2noc(C(F)(F)Cl)n2)cc1F)N1CCC1. The fourth-order valence-electron chi connectivity index (χ4n) is 2.27. The topological polar surface area (TPSA) is 59.2 Å². The first kappa shape index (κ1) is 16.5. The first-order valence-electron chi connectivity index (χ1n) is 6.74. The molecule has 1 aromatic carbocycles. The molecule has 0 bridgehead atoms. The van der Waals surface area contributed by atoms with Crippen LogP contribution in [0.4, 0.5) is 13.2 Å². The van der Waals surface area contributed by atoms with E-state index >= 15 is 0 Å². The predicted octanol–water partition coefficient (Wildman–Crippen LogP) is 3.40. The van der Waals surface area contributed by atoms with Crippen LogP contribution < -0.4 is 5.30 Å². The fourth-order valence-corrected chi connectivity index (χ4v) is 4.51. The number of aromatic nitrogens is 2. The minimum absolute atomic E-state index is 0.0901. The second-order valence-electron chi connectivity index (χ2n) is 5.27. The molecule has 0 N–H and O–H groups in total. The minimum Gasteiger partial charge on any atom is -0.331 e.